The number of nitrogens with one attached hydrogen (secondary N) is 1. The molecule has 2 rings (SSSR count). The SMILES string of the molecule is COCCn1cc(NC(=O)N(C)[C@H](C)C2CC2)cn1. The Labute approximate surface area is 113 Å². The predicted molar refractivity (Wildman–Crippen MR) is 73.1 cm³/mol. The van der Waals surface area contributed by atoms with Crippen molar-refractivity contribution in [3.8, 4) is 0 Å². The minimum absolute atomic E-state index is 0.0781. The second-order valence-corrected chi connectivity index (χ2v) is 5.10. The van der Waals surface area contributed by atoms with E-state index in [1.54, 1.807) is 22.9 Å². The maximum absolute atomic E-state index is 12.1. The van der Waals surface area contributed by atoms with E-state index in [0.717, 1.165) is 5.69 Å². The van der Waals surface area contributed by atoms with E-state index in [2.05, 4.69) is 17.3 Å². The first-order chi connectivity index (χ1) is 9.11. The summed E-state index contributed by atoms with van der Waals surface area (Å²) >= 11 is 0. The molecule has 0 spiro atoms. The van der Waals surface area contributed by atoms with Gasteiger partial charge >= 0.3 is 6.03 Å². The van der Waals surface area contributed by atoms with Crippen LogP contribution in [0.1, 0.15) is 19.8 Å². The van der Waals surface area contributed by atoms with Crippen LogP contribution in [0.2, 0.25) is 0 Å². The lowest BCUT2D eigenvalue weighted by atomic mass is 10.2. The number of rotatable bonds is 6. The van der Waals surface area contributed by atoms with Crippen molar-refractivity contribution in [1.29, 1.82) is 0 Å². The van der Waals surface area contributed by atoms with Crippen molar-refractivity contribution in [1.82, 2.24) is 14.7 Å². The third kappa shape index (κ3) is 3.70. The number of carbonyl (C=O) groups excluding carboxylic acids is 1. The fourth-order valence-electron chi connectivity index (χ4n) is 2.03. The van der Waals surface area contributed by atoms with Crippen LogP contribution in [0.25, 0.3) is 0 Å². The van der Waals surface area contributed by atoms with Gasteiger partial charge in [0, 0.05) is 26.4 Å². The number of methoxy groups -OCH3 is 1. The highest BCUT2D eigenvalue weighted by Gasteiger charge is 2.32. The number of ether oxygens (including phenoxy) is 1. The van der Waals surface area contributed by atoms with Gasteiger partial charge in [0.25, 0.3) is 0 Å². The van der Waals surface area contributed by atoms with Gasteiger partial charge < -0.3 is 15.0 Å². The first-order valence-corrected chi connectivity index (χ1v) is 6.67. The van der Waals surface area contributed by atoms with Gasteiger partial charge in [0.15, 0.2) is 0 Å². The summed E-state index contributed by atoms with van der Waals surface area (Å²) in [6, 6.07) is 0.217. The molecule has 19 heavy (non-hydrogen) atoms. The Morgan fingerprint density at radius 1 is 1.68 bits per heavy atom. The van der Waals surface area contributed by atoms with Gasteiger partial charge in [-0.25, -0.2) is 4.79 Å². The van der Waals surface area contributed by atoms with Crippen LogP contribution in [0.4, 0.5) is 10.5 Å². The van der Waals surface area contributed by atoms with Gasteiger partial charge in [-0.1, -0.05) is 0 Å². The normalized spacial score (nSPS) is 16.2. The molecule has 6 heteroatoms. The number of urea groups is 1. The van der Waals surface area contributed by atoms with Crippen LogP contribution in [0.15, 0.2) is 12.4 Å². The minimum atomic E-state index is -0.0781. The highest BCUT2D eigenvalue weighted by molar-refractivity contribution is 5.89. The zero-order valence-electron chi connectivity index (χ0n) is 11.8. The first kappa shape index (κ1) is 13.9. The van der Waals surface area contributed by atoms with Crippen LogP contribution in [0.5, 0.6) is 0 Å². The number of amides is 2. The smallest absolute Gasteiger partial charge is 0.321 e. The molecule has 1 saturated carbocycles. The van der Waals surface area contributed by atoms with Crippen LogP contribution < -0.4 is 5.32 Å². The van der Waals surface area contributed by atoms with E-state index in [1.165, 1.54) is 12.8 Å². The molecule has 1 aliphatic rings. The number of hydrogen-bond acceptors (Lipinski definition) is 3. The molecule has 0 saturated heterocycles. The van der Waals surface area contributed by atoms with Gasteiger partial charge in [-0.2, -0.15) is 5.10 Å². The number of nitrogens with zero attached hydrogens (tertiary/aromatic N) is 3. The monoisotopic (exact) mass is 266 g/mol. The van der Waals surface area contributed by atoms with Crippen molar-refractivity contribution >= 4 is 11.7 Å². The van der Waals surface area contributed by atoms with E-state index < -0.39 is 0 Å². The maximum Gasteiger partial charge on any atom is 0.321 e. The lowest BCUT2D eigenvalue weighted by Gasteiger charge is -2.24. The molecule has 1 fully saturated rings. The number of carbonyl (C=O) groups is 1. The Kier molecular flexibility index (Phi) is 4.42. The Morgan fingerprint density at radius 2 is 2.42 bits per heavy atom. The molecule has 0 bridgehead atoms. The van der Waals surface area contributed by atoms with Crippen LogP contribution in [0.3, 0.4) is 0 Å². The van der Waals surface area contributed by atoms with E-state index in [4.69, 9.17) is 4.74 Å². The number of aromatic nitrogens is 2. The second-order valence-electron chi connectivity index (χ2n) is 5.10. The summed E-state index contributed by atoms with van der Waals surface area (Å²) in [5.74, 6) is 0.667. The molecule has 1 N–H and O–H groups in total. The Bertz CT molecular complexity index is 428. The van der Waals surface area contributed by atoms with Crippen molar-refractivity contribution in [3.63, 3.8) is 0 Å². The van der Waals surface area contributed by atoms with Crippen molar-refractivity contribution in [2.75, 3.05) is 26.1 Å². The van der Waals surface area contributed by atoms with Crippen molar-refractivity contribution in [2.45, 2.75) is 32.4 Å². The van der Waals surface area contributed by atoms with E-state index in [9.17, 15) is 4.79 Å². The fraction of sp³-hybridized carbons (Fsp3) is 0.692. The molecule has 1 aromatic rings. The predicted octanol–water partition coefficient (Wildman–Crippen LogP) is 1.79. The molecule has 0 aromatic carbocycles. The van der Waals surface area contributed by atoms with Gasteiger partial charge in [0.05, 0.1) is 25.0 Å². The maximum atomic E-state index is 12.1. The molecule has 1 atom stereocenters. The van der Waals surface area contributed by atoms with Gasteiger partial charge in [0.1, 0.15) is 0 Å². The summed E-state index contributed by atoms with van der Waals surface area (Å²) in [6.45, 7) is 3.38. The molecular weight excluding hydrogens is 244 g/mol. The Balaban J connectivity index is 1.85. The second kappa shape index (κ2) is 6.06. The van der Waals surface area contributed by atoms with Crippen molar-refractivity contribution < 1.29 is 9.53 Å². The average Bonchev–Trinajstić information content (AvgIpc) is 3.16. The first-order valence-electron chi connectivity index (χ1n) is 6.67. The van der Waals surface area contributed by atoms with Gasteiger partial charge in [0.2, 0.25) is 0 Å². The molecule has 0 radical (unpaired) electrons. The highest BCUT2D eigenvalue weighted by Crippen LogP contribution is 2.34. The third-order valence-corrected chi connectivity index (χ3v) is 3.64. The van der Waals surface area contributed by atoms with Crippen molar-refractivity contribution in [3.05, 3.63) is 12.4 Å². The van der Waals surface area contributed by atoms with Crippen LogP contribution >= 0.6 is 0 Å². The van der Waals surface area contributed by atoms with E-state index in [0.29, 0.717) is 25.1 Å². The van der Waals surface area contributed by atoms with Crippen LogP contribution in [-0.2, 0) is 11.3 Å². The minimum Gasteiger partial charge on any atom is -0.383 e. The third-order valence-electron chi connectivity index (χ3n) is 3.64. The Morgan fingerprint density at radius 3 is 3.05 bits per heavy atom. The topological polar surface area (TPSA) is 59.4 Å². The van der Waals surface area contributed by atoms with Gasteiger partial charge in [-0.3, -0.25) is 4.68 Å². The summed E-state index contributed by atoms with van der Waals surface area (Å²) < 4.78 is 6.74. The lowest BCUT2D eigenvalue weighted by molar-refractivity contribution is 0.183. The summed E-state index contributed by atoms with van der Waals surface area (Å²) in [6.07, 6.45) is 5.93. The molecule has 1 aliphatic carbocycles. The average molecular weight is 266 g/mol. The molecular formula is C13H22N4O2. The molecule has 1 aromatic heterocycles. The largest absolute Gasteiger partial charge is 0.383 e. The van der Waals surface area contributed by atoms with Crippen LogP contribution in [-0.4, -0.2) is 47.5 Å². The van der Waals surface area contributed by atoms with E-state index in [-0.39, 0.29) is 6.03 Å². The van der Waals surface area contributed by atoms with Gasteiger partial charge in [-0.15, -0.1) is 0 Å². The molecule has 0 unspecified atom stereocenters. The highest BCUT2D eigenvalue weighted by atomic mass is 16.5. The molecule has 1 heterocycles. The summed E-state index contributed by atoms with van der Waals surface area (Å²) in [5, 5.41) is 7.03. The summed E-state index contributed by atoms with van der Waals surface area (Å²) in [5.41, 5.74) is 0.718. The summed E-state index contributed by atoms with van der Waals surface area (Å²) in [4.78, 5) is 13.8. The fourth-order valence-corrected chi connectivity index (χ4v) is 2.03. The van der Waals surface area contributed by atoms with Crippen molar-refractivity contribution in [2.24, 2.45) is 5.92 Å². The standard InChI is InChI=1S/C13H22N4O2/c1-10(11-4-5-11)16(2)13(18)15-12-8-14-17(9-12)6-7-19-3/h8-11H,4-7H2,1-3H3,(H,15,18)/t10-/m1/s1. The molecule has 0 aliphatic heterocycles. The zero-order chi connectivity index (χ0) is 13.8. The lowest BCUT2D eigenvalue weighted by Crippen LogP contribution is -2.39. The number of hydrogen-bond donors (Lipinski definition) is 1. The summed E-state index contributed by atoms with van der Waals surface area (Å²) in [7, 11) is 3.49. The van der Waals surface area contributed by atoms with Crippen LogP contribution in [0, 0.1) is 5.92 Å². The molecule has 6 nitrogen and oxygen atoms in total. The van der Waals surface area contributed by atoms with E-state index >= 15 is 0 Å². The quantitative estimate of drug-likeness (QED) is 0.854. The van der Waals surface area contributed by atoms with Gasteiger partial charge in [-0.05, 0) is 25.7 Å². The molecule has 106 valence electrons. The zero-order valence-corrected chi connectivity index (χ0v) is 11.8. The molecule has 2 amide bonds. The van der Waals surface area contributed by atoms with E-state index in [1.807, 2.05) is 13.2 Å². The Hall–Kier alpha value is -1.56. The number of anilines is 1.